The summed E-state index contributed by atoms with van der Waals surface area (Å²) in [5.41, 5.74) is 3.87. The van der Waals surface area contributed by atoms with E-state index in [1.807, 2.05) is 12.1 Å². The predicted molar refractivity (Wildman–Crippen MR) is 118 cm³/mol. The third kappa shape index (κ3) is 5.34. The summed E-state index contributed by atoms with van der Waals surface area (Å²) >= 11 is 0. The van der Waals surface area contributed by atoms with Gasteiger partial charge in [-0.3, -0.25) is 4.79 Å². The van der Waals surface area contributed by atoms with Crippen molar-refractivity contribution in [2.24, 2.45) is 0 Å². The number of carbonyl (C=O) groups is 1. The Morgan fingerprint density at radius 2 is 1.86 bits per heavy atom. The van der Waals surface area contributed by atoms with Gasteiger partial charge in [0.2, 0.25) is 0 Å². The third-order valence-electron chi connectivity index (χ3n) is 5.63. The van der Waals surface area contributed by atoms with Gasteiger partial charge in [-0.1, -0.05) is 11.6 Å². The summed E-state index contributed by atoms with van der Waals surface area (Å²) < 4.78 is 0. The van der Waals surface area contributed by atoms with E-state index in [9.17, 15) is 4.79 Å². The lowest BCUT2D eigenvalue weighted by Crippen LogP contribution is -2.18. The molecule has 4 rings (SSSR count). The second-order valence-corrected chi connectivity index (χ2v) is 7.77. The van der Waals surface area contributed by atoms with E-state index in [1.54, 1.807) is 6.07 Å². The Hall–Kier alpha value is -2.89. The molecule has 6 heteroatoms. The molecule has 0 radical (unpaired) electrons. The highest BCUT2D eigenvalue weighted by atomic mass is 16.1. The van der Waals surface area contributed by atoms with Crippen molar-refractivity contribution in [3.63, 3.8) is 0 Å². The number of rotatable bonds is 7. The molecule has 0 unspecified atom stereocenters. The number of nitrogens with one attached hydrogen (secondary N) is 2. The summed E-state index contributed by atoms with van der Waals surface area (Å²) in [4.78, 5) is 23.3. The van der Waals surface area contributed by atoms with Crippen LogP contribution in [0.5, 0.6) is 0 Å². The van der Waals surface area contributed by atoms with Crippen LogP contribution in [0, 0.1) is 0 Å². The van der Waals surface area contributed by atoms with Crippen LogP contribution in [-0.2, 0) is 0 Å². The average Bonchev–Trinajstić information content (AvgIpc) is 3.30. The van der Waals surface area contributed by atoms with Gasteiger partial charge in [-0.2, -0.15) is 0 Å². The fourth-order valence-electron chi connectivity index (χ4n) is 3.99. The molecule has 1 aliphatic heterocycles. The van der Waals surface area contributed by atoms with Gasteiger partial charge in [0.05, 0.1) is 0 Å². The van der Waals surface area contributed by atoms with E-state index in [0.717, 1.165) is 31.7 Å². The first-order valence-corrected chi connectivity index (χ1v) is 10.7. The average molecular weight is 392 g/mol. The predicted octanol–water partition coefficient (Wildman–Crippen LogP) is 4.63. The van der Waals surface area contributed by atoms with Crippen molar-refractivity contribution in [2.45, 2.75) is 44.9 Å². The van der Waals surface area contributed by atoms with Crippen LogP contribution >= 0.6 is 0 Å². The van der Waals surface area contributed by atoms with Crippen molar-refractivity contribution < 1.29 is 4.79 Å². The molecule has 1 aliphatic carbocycles. The molecule has 1 aromatic heterocycles. The SMILES string of the molecule is O=C(Nc1ccc(N2CCCC2)cc1)c1cc(NCCC2=CCCCC2)ncn1. The Bertz CT molecular complexity index is 856. The van der Waals surface area contributed by atoms with E-state index < -0.39 is 0 Å². The first kappa shape index (κ1) is 19.4. The molecule has 1 saturated heterocycles. The molecular formula is C23H29N5O. The van der Waals surface area contributed by atoms with Gasteiger partial charge < -0.3 is 15.5 Å². The number of allylic oxidation sites excluding steroid dienone is 1. The summed E-state index contributed by atoms with van der Waals surface area (Å²) in [7, 11) is 0. The van der Waals surface area contributed by atoms with Crippen LogP contribution in [0.4, 0.5) is 17.2 Å². The Kier molecular flexibility index (Phi) is 6.39. The van der Waals surface area contributed by atoms with Crippen LogP contribution in [0.25, 0.3) is 0 Å². The summed E-state index contributed by atoms with van der Waals surface area (Å²) in [5.74, 6) is 0.463. The summed E-state index contributed by atoms with van der Waals surface area (Å²) in [6.07, 6.45) is 12.3. The zero-order valence-corrected chi connectivity index (χ0v) is 16.9. The molecule has 2 heterocycles. The smallest absolute Gasteiger partial charge is 0.274 e. The second-order valence-electron chi connectivity index (χ2n) is 7.77. The lowest BCUT2D eigenvalue weighted by atomic mass is 9.97. The van der Waals surface area contributed by atoms with E-state index >= 15 is 0 Å². The molecule has 0 saturated carbocycles. The zero-order chi connectivity index (χ0) is 19.9. The normalized spacial score (nSPS) is 16.4. The number of amides is 1. The quantitative estimate of drug-likeness (QED) is 0.673. The Balaban J connectivity index is 1.31. The standard InChI is InChI=1S/C23H29N5O/c29-23(27-19-8-10-20(11-9-19)28-14-4-5-15-28)21-16-22(26-17-25-21)24-13-12-18-6-2-1-3-7-18/h6,8-11,16-17H,1-5,7,12-15H2,(H,27,29)(H,24,25,26). The van der Waals surface area contributed by atoms with Gasteiger partial charge in [-0.25, -0.2) is 9.97 Å². The van der Waals surface area contributed by atoms with E-state index in [1.165, 1.54) is 56.1 Å². The van der Waals surface area contributed by atoms with Crippen LogP contribution in [0.2, 0.25) is 0 Å². The number of hydrogen-bond acceptors (Lipinski definition) is 5. The number of aromatic nitrogens is 2. The summed E-state index contributed by atoms with van der Waals surface area (Å²) in [6.45, 7) is 3.04. The number of anilines is 3. The lowest BCUT2D eigenvalue weighted by molar-refractivity contribution is 0.102. The minimum atomic E-state index is -0.223. The van der Waals surface area contributed by atoms with Gasteiger partial charge in [0.15, 0.2) is 0 Å². The molecule has 0 bridgehead atoms. The molecular weight excluding hydrogens is 362 g/mol. The molecule has 1 amide bonds. The Morgan fingerprint density at radius 1 is 1.03 bits per heavy atom. The highest BCUT2D eigenvalue weighted by Crippen LogP contribution is 2.22. The van der Waals surface area contributed by atoms with Crippen molar-refractivity contribution in [1.82, 2.24) is 9.97 Å². The van der Waals surface area contributed by atoms with Gasteiger partial charge >= 0.3 is 0 Å². The topological polar surface area (TPSA) is 70.2 Å². The van der Waals surface area contributed by atoms with Gasteiger partial charge in [-0.15, -0.1) is 0 Å². The Labute approximate surface area is 172 Å². The zero-order valence-electron chi connectivity index (χ0n) is 16.9. The van der Waals surface area contributed by atoms with Crippen LogP contribution in [0.1, 0.15) is 55.4 Å². The van der Waals surface area contributed by atoms with Gasteiger partial charge in [0.1, 0.15) is 17.8 Å². The van der Waals surface area contributed by atoms with Crippen molar-refractivity contribution in [3.8, 4) is 0 Å². The number of carbonyl (C=O) groups excluding carboxylic acids is 1. The molecule has 2 aliphatic rings. The van der Waals surface area contributed by atoms with E-state index in [2.05, 4.69) is 43.7 Å². The maximum atomic E-state index is 12.6. The second kappa shape index (κ2) is 9.54. The molecule has 0 atom stereocenters. The van der Waals surface area contributed by atoms with Gasteiger partial charge in [0.25, 0.3) is 5.91 Å². The molecule has 6 nitrogen and oxygen atoms in total. The van der Waals surface area contributed by atoms with E-state index in [-0.39, 0.29) is 5.91 Å². The van der Waals surface area contributed by atoms with Crippen molar-refractivity contribution in [3.05, 3.63) is 54.0 Å². The van der Waals surface area contributed by atoms with Crippen molar-refractivity contribution in [1.29, 1.82) is 0 Å². The maximum absolute atomic E-state index is 12.6. The molecule has 2 aromatic rings. The fraction of sp³-hybridized carbons (Fsp3) is 0.435. The molecule has 1 fully saturated rings. The first-order chi connectivity index (χ1) is 14.3. The summed E-state index contributed by atoms with van der Waals surface area (Å²) in [6, 6.07) is 9.73. The van der Waals surface area contributed by atoms with Gasteiger partial charge in [0, 0.05) is 37.1 Å². The largest absolute Gasteiger partial charge is 0.372 e. The van der Waals surface area contributed by atoms with Gasteiger partial charge in [-0.05, 0) is 69.2 Å². The highest BCUT2D eigenvalue weighted by Gasteiger charge is 2.13. The minimum absolute atomic E-state index is 0.223. The minimum Gasteiger partial charge on any atom is -0.372 e. The number of benzene rings is 1. The first-order valence-electron chi connectivity index (χ1n) is 10.7. The van der Waals surface area contributed by atoms with Crippen molar-refractivity contribution in [2.75, 3.05) is 35.2 Å². The monoisotopic (exact) mass is 391 g/mol. The van der Waals surface area contributed by atoms with Crippen LogP contribution in [0.3, 0.4) is 0 Å². The molecule has 1 aromatic carbocycles. The highest BCUT2D eigenvalue weighted by molar-refractivity contribution is 6.03. The van der Waals surface area contributed by atoms with E-state index in [4.69, 9.17) is 0 Å². The van der Waals surface area contributed by atoms with Crippen LogP contribution < -0.4 is 15.5 Å². The molecule has 152 valence electrons. The van der Waals surface area contributed by atoms with Crippen LogP contribution in [0.15, 0.2) is 48.3 Å². The lowest BCUT2D eigenvalue weighted by Gasteiger charge is -2.17. The maximum Gasteiger partial charge on any atom is 0.274 e. The number of nitrogens with zero attached hydrogens (tertiary/aromatic N) is 3. The third-order valence-corrected chi connectivity index (χ3v) is 5.63. The molecule has 2 N–H and O–H groups in total. The summed E-state index contributed by atoms with van der Waals surface area (Å²) in [5, 5.41) is 6.24. The van der Waals surface area contributed by atoms with E-state index in [0.29, 0.717) is 11.5 Å². The van der Waals surface area contributed by atoms with Crippen molar-refractivity contribution >= 4 is 23.1 Å². The fourth-order valence-corrected chi connectivity index (χ4v) is 3.99. The Morgan fingerprint density at radius 3 is 2.62 bits per heavy atom. The number of hydrogen-bond donors (Lipinski definition) is 2. The molecule has 0 spiro atoms. The molecule has 29 heavy (non-hydrogen) atoms. The van der Waals surface area contributed by atoms with Crippen LogP contribution in [-0.4, -0.2) is 35.5 Å².